The first-order valence-electron chi connectivity index (χ1n) is 10.4. The zero-order chi connectivity index (χ0) is 22.2. The Balaban J connectivity index is 1.57. The van der Waals surface area contributed by atoms with Crippen LogP contribution in [0.3, 0.4) is 0 Å². The molecule has 1 aromatic heterocycles. The number of hydrazone groups is 1. The van der Waals surface area contributed by atoms with E-state index in [1.54, 1.807) is 24.3 Å². The highest BCUT2D eigenvalue weighted by Gasteiger charge is 2.31. The fourth-order valence-electron chi connectivity index (χ4n) is 4.16. The van der Waals surface area contributed by atoms with E-state index in [9.17, 15) is 9.18 Å². The molecule has 0 atom stereocenters. The van der Waals surface area contributed by atoms with Crippen LogP contribution in [0.4, 0.5) is 10.1 Å². The van der Waals surface area contributed by atoms with Gasteiger partial charge in [-0.2, -0.15) is 5.10 Å². The van der Waals surface area contributed by atoms with Crippen LogP contribution in [-0.2, 0) is 0 Å². The molecule has 2 heterocycles. The Morgan fingerprint density at radius 1 is 1.26 bits per heavy atom. The Labute approximate surface area is 181 Å². The van der Waals surface area contributed by atoms with Crippen LogP contribution in [0.15, 0.2) is 58.1 Å². The lowest BCUT2D eigenvalue weighted by molar-refractivity contribution is 0.0929. The number of nitrogens with one attached hydrogen (secondary N) is 1. The van der Waals surface area contributed by atoms with Crippen LogP contribution >= 0.6 is 0 Å². The molecule has 0 bridgehead atoms. The van der Waals surface area contributed by atoms with Crippen LogP contribution in [0.25, 0.3) is 16.5 Å². The number of furan rings is 1. The van der Waals surface area contributed by atoms with Crippen molar-refractivity contribution in [3.63, 3.8) is 0 Å². The van der Waals surface area contributed by atoms with Crippen molar-refractivity contribution in [2.24, 2.45) is 5.10 Å². The summed E-state index contributed by atoms with van der Waals surface area (Å²) >= 11 is 0. The van der Waals surface area contributed by atoms with Crippen molar-refractivity contribution < 1.29 is 13.6 Å². The predicted octanol–water partition coefficient (Wildman–Crippen LogP) is 5.75. The highest BCUT2D eigenvalue weighted by Crippen LogP contribution is 2.40. The van der Waals surface area contributed by atoms with E-state index in [0.29, 0.717) is 11.1 Å². The lowest BCUT2D eigenvalue weighted by Crippen LogP contribution is -2.45. The number of amides is 1. The van der Waals surface area contributed by atoms with Gasteiger partial charge in [0.25, 0.3) is 0 Å². The summed E-state index contributed by atoms with van der Waals surface area (Å²) in [7, 11) is 0. The quantitative estimate of drug-likeness (QED) is 0.423. The number of hydrogen-bond acceptors (Lipinski definition) is 4. The van der Waals surface area contributed by atoms with E-state index in [-0.39, 0.29) is 17.1 Å². The van der Waals surface area contributed by atoms with Gasteiger partial charge in [-0.15, -0.1) is 0 Å². The van der Waals surface area contributed by atoms with Gasteiger partial charge in [-0.3, -0.25) is 4.79 Å². The molecule has 1 aliphatic rings. The van der Waals surface area contributed by atoms with E-state index in [1.807, 2.05) is 25.1 Å². The summed E-state index contributed by atoms with van der Waals surface area (Å²) in [5.74, 6) is -0.717. The second-order valence-corrected chi connectivity index (χ2v) is 8.37. The minimum Gasteiger partial charge on any atom is -0.451 e. The van der Waals surface area contributed by atoms with Crippen molar-refractivity contribution in [3.05, 3.63) is 71.2 Å². The summed E-state index contributed by atoms with van der Waals surface area (Å²) in [4.78, 5) is 14.6. The fraction of sp³-hybridized carbons (Fsp3) is 0.280. The number of benzene rings is 2. The number of allylic oxidation sites excluding steroid dienone is 1. The standard InChI is InChI=1S/C25H26FN3O2/c1-5-10-29-21-13-20(26)18(11-19(21)16(2)14-25(29,3)4)15-27-28-24(30)23-12-17-8-6-7-9-22(17)31-23/h6-9,11-15H,5,10H2,1-4H3,(H,28,30)/b27-15+. The van der Waals surface area contributed by atoms with Crippen LogP contribution in [0.5, 0.6) is 0 Å². The van der Waals surface area contributed by atoms with Gasteiger partial charge in [0.2, 0.25) is 0 Å². The number of anilines is 1. The van der Waals surface area contributed by atoms with E-state index < -0.39 is 5.91 Å². The Morgan fingerprint density at radius 2 is 2.03 bits per heavy atom. The molecule has 0 fully saturated rings. The molecular weight excluding hydrogens is 393 g/mol. The third kappa shape index (κ3) is 3.98. The van der Waals surface area contributed by atoms with E-state index in [2.05, 4.69) is 42.3 Å². The fourth-order valence-corrected chi connectivity index (χ4v) is 4.16. The average Bonchev–Trinajstić information content (AvgIpc) is 3.16. The largest absolute Gasteiger partial charge is 0.451 e. The van der Waals surface area contributed by atoms with Crippen LogP contribution < -0.4 is 10.3 Å². The average molecular weight is 420 g/mol. The zero-order valence-electron chi connectivity index (χ0n) is 18.2. The molecule has 5 nitrogen and oxygen atoms in total. The van der Waals surface area contributed by atoms with Gasteiger partial charge in [0.15, 0.2) is 5.76 Å². The van der Waals surface area contributed by atoms with Crippen LogP contribution in [0.2, 0.25) is 0 Å². The summed E-state index contributed by atoms with van der Waals surface area (Å²) < 4.78 is 20.4. The smallest absolute Gasteiger partial charge is 0.307 e. The number of carbonyl (C=O) groups is 1. The molecule has 0 saturated carbocycles. The van der Waals surface area contributed by atoms with Gasteiger partial charge in [-0.1, -0.05) is 31.2 Å². The summed E-state index contributed by atoms with van der Waals surface area (Å²) in [5, 5.41) is 4.78. The molecule has 160 valence electrons. The maximum Gasteiger partial charge on any atom is 0.307 e. The molecule has 0 aliphatic carbocycles. The maximum absolute atomic E-state index is 14.9. The zero-order valence-corrected chi connectivity index (χ0v) is 18.2. The van der Waals surface area contributed by atoms with Crippen molar-refractivity contribution in [2.75, 3.05) is 11.4 Å². The lowest BCUT2D eigenvalue weighted by atomic mass is 9.88. The SMILES string of the molecule is CCCN1c2cc(F)c(/C=N/NC(=O)c3cc4ccccc4o3)cc2C(C)=CC1(C)C. The highest BCUT2D eigenvalue weighted by molar-refractivity contribution is 5.96. The Kier molecular flexibility index (Phi) is 5.39. The Hall–Kier alpha value is -3.41. The van der Waals surface area contributed by atoms with E-state index in [1.165, 1.54) is 6.21 Å². The number of hydrogen-bond donors (Lipinski definition) is 1. The van der Waals surface area contributed by atoms with Crippen molar-refractivity contribution in [3.8, 4) is 0 Å². The van der Waals surface area contributed by atoms with Gasteiger partial charge in [0.1, 0.15) is 11.4 Å². The highest BCUT2D eigenvalue weighted by atomic mass is 19.1. The first-order chi connectivity index (χ1) is 14.8. The van der Waals surface area contributed by atoms with E-state index in [0.717, 1.165) is 35.2 Å². The molecule has 0 saturated heterocycles. The van der Waals surface area contributed by atoms with Crippen molar-refractivity contribution in [2.45, 2.75) is 39.7 Å². The Morgan fingerprint density at radius 3 is 2.77 bits per heavy atom. The molecule has 31 heavy (non-hydrogen) atoms. The number of rotatable bonds is 5. The topological polar surface area (TPSA) is 57.8 Å². The van der Waals surface area contributed by atoms with Crippen LogP contribution in [0, 0.1) is 5.82 Å². The summed E-state index contributed by atoms with van der Waals surface area (Å²) in [5.41, 5.74) is 6.11. The van der Waals surface area contributed by atoms with Crippen LogP contribution in [0.1, 0.15) is 55.8 Å². The first-order valence-corrected chi connectivity index (χ1v) is 10.4. The van der Waals surface area contributed by atoms with E-state index >= 15 is 0 Å². The molecule has 0 unspecified atom stereocenters. The molecule has 4 rings (SSSR count). The third-order valence-electron chi connectivity index (χ3n) is 5.56. The summed E-state index contributed by atoms with van der Waals surface area (Å²) in [6.45, 7) is 9.26. The lowest BCUT2D eigenvalue weighted by Gasteiger charge is -2.43. The number of para-hydroxylation sites is 1. The molecule has 2 aromatic carbocycles. The Bertz CT molecular complexity index is 1170. The molecule has 1 amide bonds. The van der Waals surface area contributed by atoms with Gasteiger partial charge in [-0.25, -0.2) is 9.82 Å². The molecule has 6 heteroatoms. The summed E-state index contributed by atoms with van der Waals surface area (Å²) in [6, 6.07) is 12.4. The molecule has 1 aliphatic heterocycles. The maximum atomic E-state index is 14.9. The number of nitrogens with zero attached hydrogens (tertiary/aromatic N) is 2. The number of halogens is 1. The van der Waals surface area contributed by atoms with Gasteiger partial charge in [0.05, 0.1) is 11.8 Å². The molecule has 3 aromatic rings. The molecular formula is C25H26FN3O2. The van der Waals surface area contributed by atoms with E-state index in [4.69, 9.17) is 4.42 Å². The molecule has 0 spiro atoms. The predicted molar refractivity (Wildman–Crippen MR) is 123 cm³/mol. The van der Waals surface area contributed by atoms with Gasteiger partial charge in [0, 0.05) is 28.7 Å². The second-order valence-electron chi connectivity index (χ2n) is 8.37. The van der Waals surface area contributed by atoms with Crippen molar-refractivity contribution in [1.82, 2.24) is 5.43 Å². The van der Waals surface area contributed by atoms with Gasteiger partial charge >= 0.3 is 5.91 Å². The first kappa shape index (κ1) is 20.8. The van der Waals surface area contributed by atoms with Gasteiger partial charge in [-0.05, 0) is 57.0 Å². The van der Waals surface area contributed by atoms with Gasteiger partial charge < -0.3 is 9.32 Å². The summed E-state index contributed by atoms with van der Waals surface area (Å²) in [6.07, 6.45) is 4.49. The van der Waals surface area contributed by atoms with Crippen LogP contribution in [-0.4, -0.2) is 24.2 Å². The van der Waals surface area contributed by atoms with Crippen molar-refractivity contribution in [1.29, 1.82) is 0 Å². The normalized spacial score (nSPS) is 15.3. The molecule has 1 N–H and O–H groups in total. The molecule has 0 radical (unpaired) electrons. The van der Waals surface area contributed by atoms with Crippen molar-refractivity contribution >= 4 is 34.4 Å². The number of carbonyl (C=O) groups excluding carboxylic acids is 1. The minimum absolute atomic E-state index is 0.153. The minimum atomic E-state index is -0.488. The number of fused-ring (bicyclic) bond motifs is 2. The third-order valence-corrected chi connectivity index (χ3v) is 5.56. The monoisotopic (exact) mass is 419 g/mol. The second kappa shape index (κ2) is 8.02.